The number of carbonyl (C=O) groups is 2. The molecule has 0 bridgehead atoms. The van der Waals surface area contributed by atoms with E-state index in [1.807, 2.05) is 60.2 Å². The fourth-order valence-electron chi connectivity index (χ4n) is 4.23. The highest BCUT2D eigenvalue weighted by molar-refractivity contribution is 6.21. The summed E-state index contributed by atoms with van der Waals surface area (Å²) in [4.78, 5) is 33.9. The molecule has 0 radical (unpaired) electrons. The molecule has 0 N–H and O–H groups in total. The van der Waals surface area contributed by atoms with Gasteiger partial charge in [-0.3, -0.25) is 14.6 Å². The minimum Gasteiger partial charge on any atom is -0.332 e. The molecule has 0 spiro atoms. The van der Waals surface area contributed by atoms with Gasteiger partial charge in [-0.1, -0.05) is 32.1 Å². The number of amides is 2. The van der Waals surface area contributed by atoms with Gasteiger partial charge in [0, 0.05) is 36.6 Å². The van der Waals surface area contributed by atoms with Gasteiger partial charge >= 0.3 is 0 Å². The van der Waals surface area contributed by atoms with E-state index >= 15 is 0 Å². The first kappa shape index (κ1) is 20.3. The maximum atomic E-state index is 13.3. The Morgan fingerprint density at radius 1 is 1.13 bits per heavy atom. The zero-order chi connectivity index (χ0) is 21.4. The van der Waals surface area contributed by atoms with Gasteiger partial charge in [0.1, 0.15) is 0 Å². The Kier molecular flexibility index (Phi) is 5.46. The van der Waals surface area contributed by atoms with Crippen molar-refractivity contribution in [2.45, 2.75) is 40.2 Å². The number of hydrogen-bond acceptors (Lipinski definition) is 3. The summed E-state index contributed by atoms with van der Waals surface area (Å²) >= 11 is 0. The first-order chi connectivity index (χ1) is 14.3. The van der Waals surface area contributed by atoms with Crippen molar-refractivity contribution >= 4 is 29.3 Å². The molecule has 5 nitrogen and oxygen atoms in total. The van der Waals surface area contributed by atoms with E-state index in [4.69, 9.17) is 0 Å². The van der Waals surface area contributed by atoms with Gasteiger partial charge < -0.3 is 9.80 Å². The quantitative estimate of drug-likeness (QED) is 0.768. The van der Waals surface area contributed by atoms with Crippen molar-refractivity contribution in [2.75, 3.05) is 24.5 Å². The van der Waals surface area contributed by atoms with Crippen molar-refractivity contribution < 1.29 is 9.59 Å². The highest BCUT2D eigenvalue weighted by Crippen LogP contribution is 2.34. The Labute approximate surface area is 178 Å². The first-order valence-corrected chi connectivity index (χ1v) is 10.7. The zero-order valence-electron chi connectivity index (χ0n) is 18.2. The van der Waals surface area contributed by atoms with Gasteiger partial charge in [0.05, 0.1) is 13.0 Å². The molecule has 30 heavy (non-hydrogen) atoms. The van der Waals surface area contributed by atoms with E-state index in [2.05, 4.69) is 24.9 Å². The molecule has 5 heteroatoms. The maximum absolute atomic E-state index is 13.3. The van der Waals surface area contributed by atoms with E-state index in [1.165, 1.54) is 0 Å². The number of benzene rings is 1. The van der Waals surface area contributed by atoms with Crippen molar-refractivity contribution in [3.05, 3.63) is 58.7 Å². The van der Waals surface area contributed by atoms with Crippen molar-refractivity contribution in [1.82, 2.24) is 4.90 Å². The van der Waals surface area contributed by atoms with Crippen molar-refractivity contribution in [3.8, 4) is 0 Å². The molecule has 156 valence electrons. The molecule has 0 atom stereocenters. The third kappa shape index (κ3) is 3.76. The molecule has 0 unspecified atom stereocenters. The molecule has 2 amide bonds. The summed E-state index contributed by atoms with van der Waals surface area (Å²) < 4.78 is 0. The molecule has 0 saturated heterocycles. The van der Waals surface area contributed by atoms with Gasteiger partial charge in [0.2, 0.25) is 5.91 Å². The lowest BCUT2D eigenvalue weighted by Crippen LogP contribution is -2.41. The molecule has 1 aromatic carbocycles. The second-order valence-corrected chi connectivity index (χ2v) is 8.88. The zero-order valence-corrected chi connectivity index (χ0v) is 18.2. The van der Waals surface area contributed by atoms with Crippen LogP contribution in [-0.4, -0.2) is 48.6 Å². The minimum atomic E-state index is 0.0365. The van der Waals surface area contributed by atoms with Crippen LogP contribution < -0.4 is 4.90 Å². The van der Waals surface area contributed by atoms with E-state index in [1.54, 1.807) is 0 Å². The van der Waals surface area contributed by atoms with E-state index in [-0.39, 0.29) is 17.9 Å². The Morgan fingerprint density at radius 3 is 2.60 bits per heavy atom. The molecule has 0 saturated carbocycles. The number of hydrogen-bond donors (Lipinski definition) is 0. The van der Waals surface area contributed by atoms with E-state index in [0.29, 0.717) is 31.0 Å². The van der Waals surface area contributed by atoms with Crippen LogP contribution in [0.25, 0.3) is 5.57 Å². The molecule has 1 aromatic rings. The number of dihydropyridines is 1. The average molecular weight is 404 g/mol. The highest BCUT2D eigenvalue weighted by atomic mass is 16.2. The summed E-state index contributed by atoms with van der Waals surface area (Å²) in [7, 11) is 0. The van der Waals surface area contributed by atoms with Crippen molar-refractivity contribution in [3.63, 3.8) is 0 Å². The molecule has 4 rings (SSSR count). The molecule has 0 fully saturated rings. The van der Waals surface area contributed by atoms with Gasteiger partial charge in [0.25, 0.3) is 5.91 Å². The second kappa shape index (κ2) is 8.05. The van der Waals surface area contributed by atoms with Gasteiger partial charge in [-0.25, -0.2) is 0 Å². The Bertz CT molecular complexity index is 997. The third-order valence-electron chi connectivity index (χ3n) is 5.76. The first-order valence-electron chi connectivity index (χ1n) is 10.7. The van der Waals surface area contributed by atoms with Crippen LogP contribution in [0.15, 0.2) is 52.6 Å². The minimum absolute atomic E-state index is 0.0365. The molecule has 3 aliphatic rings. The number of fused-ring (bicyclic) bond motifs is 1. The predicted molar refractivity (Wildman–Crippen MR) is 122 cm³/mol. The van der Waals surface area contributed by atoms with Crippen molar-refractivity contribution in [1.29, 1.82) is 0 Å². The average Bonchev–Trinajstić information content (AvgIpc) is 3.02. The monoisotopic (exact) mass is 403 g/mol. The summed E-state index contributed by atoms with van der Waals surface area (Å²) in [5.41, 5.74) is 5.68. The Balaban J connectivity index is 1.76. The number of rotatable bonds is 4. The molecule has 0 aliphatic carbocycles. The highest BCUT2D eigenvalue weighted by Gasteiger charge is 2.31. The summed E-state index contributed by atoms with van der Waals surface area (Å²) in [6.45, 7) is 10.3. The lowest BCUT2D eigenvalue weighted by molar-refractivity contribution is -0.126. The molecular formula is C25H29N3O2. The Morgan fingerprint density at radius 2 is 1.93 bits per heavy atom. The van der Waals surface area contributed by atoms with Gasteiger partial charge in [-0.2, -0.15) is 0 Å². The largest absolute Gasteiger partial charge is 0.332 e. The van der Waals surface area contributed by atoms with Crippen LogP contribution in [-0.2, 0) is 16.0 Å². The number of anilines is 1. The van der Waals surface area contributed by atoms with Crippen molar-refractivity contribution in [2.24, 2.45) is 10.9 Å². The fourth-order valence-corrected chi connectivity index (χ4v) is 4.23. The number of allylic oxidation sites excluding steroid dienone is 2. The van der Waals surface area contributed by atoms with Crippen LogP contribution in [0.3, 0.4) is 0 Å². The van der Waals surface area contributed by atoms with Crippen LogP contribution in [0.1, 0.15) is 38.8 Å². The van der Waals surface area contributed by atoms with Gasteiger partial charge in [-0.15, -0.1) is 0 Å². The number of carbonyl (C=O) groups excluding carboxylic acids is 2. The summed E-state index contributed by atoms with van der Waals surface area (Å²) in [5.74, 6) is 0.575. The normalized spacial score (nSPS) is 21.2. The standard InChI is InChI=1S/C25H29N3O2/c1-16(2)14-28-23-8-7-18(10-20(23)12-24(28)29)22-11-21(19-6-5-9-26-13-19)15-27(17(3)4)25(22)30/h5-8,10-11,13,16-17H,9,12,14-15H2,1-4H3. The topological polar surface area (TPSA) is 53.0 Å². The van der Waals surface area contributed by atoms with E-state index in [9.17, 15) is 9.59 Å². The summed E-state index contributed by atoms with van der Waals surface area (Å²) in [6.07, 6.45) is 8.41. The van der Waals surface area contributed by atoms with E-state index < -0.39 is 0 Å². The van der Waals surface area contributed by atoms with Crippen LogP contribution in [0, 0.1) is 5.92 Å². The SMILES string of the molecule is CC(C)CN1C(=O)Cc2cc(C3=CC(=C4C=CCN=C4)CN(C(C)C)C3=O)ccc21. The molecule has 3 aliphatic heterocycles. The summed E-state index contributed by atoms with van der Waals surface area (Å²) in [5, 5.41) is 0. The molecular weight excluding hydrogens is 374 g/mol. The van der Waals surface area contributed by atoms with Crippen LogP contribution in [0.4, 0.5) is 5.69 Å². The number of nitrogens with zero attached hydrogens (tertiary/aromatic N) is 3. The maximum Gasteiger partial charge on any atom is 0.255 e. The Hall–Kier alpha value is -2.95. The van der Waals surface area contributed by atoms with Gasteiger partial charge in [0.15, 0.2) is 0 Å². The third-order valence-corrected chi connectivity index (χ3v) is 5.76. The van der Waals surface area contributed by atoms with E-state index in [0.717, 1.165) is 34.5 Å². The molecule has 0 aromatic heterocycles. The number of aliphatic imine (C=N–C) groups is 1. The molecule has 3 heterocycles. The predicted octanol–water partition coefficient (Wildman–Crippen LogP) is 3.80. The smallest absolute Gasteiger partial charge is 0.255 e. The van der Waals surface area contributed by atoms with Gasteiger partial charge in [-0.05, 0) is 60.2 Å². The lowest BCUT2D eigenvalue weighted by Gasteiger charge is -2.33. The van der Waals surface area contributed by atoms with Crippen LogP contribution in [0.2, 0.25) is 0 Å². The van der Waals surface area contributed by atoms with Crippen LogP contribution >= 0.6 is 0 Å². The lowest BCUT2D eigenvalue weighted by atomic mass is 9.92. The second-order valence-electron chi connectivity index (χ2n) is 8.88. The summed E-state index contributed by atoms with van der Waals surface area (Å²) in [6, 6.07) is 6.09. The van der Waals surface area contributed by atoms with Crippen LogP contribution in [0.5, 0.6) is 0 Å². The fraction of sp³-hybridized carbons (Fsp3) is 0.400.